The first-order chi connectivity index (χ1) is 35.1. The largest absolute Gasteiger partial charge is 0.491 e. The van der Waals surface area contributed by atoms with Gasteiger partial charge in [0, 0.05) is 18.7 Å². The van der Waals surface area contributed by atoms with Gasteiger partial charge in [-0.3, -0.25) is 38.6 Å². The predicted molar refractivity (Wildman–Crippen MR) is 267 cm³/mol. The van der Waals surface area contributed by atoms with Gasteiger partial charge in [-0.2, -0.15) is 0 Å². The number of alkyl carbamates (subject to hydrolysis) is 1. The Hall–Kier alpha value is -7.69. The summed E-state index contributed by atoms with van der Waals surface area (Å²) in [5, 5.41) is 24.3. The van der Waals surface area contributed by atoms with Crippen LogP contribution < -0.4 is 20.1 Å². The fourth-order valence-corrected chi connectivity index (χ4v) is 11.7. The van der Waals surface area contributed by atoms with Gasteiger partial charge in [-0.25, -0.2) is 4.79 Å². The number of aryl methyl sites for hydroxylation is 1. The molecule has 6 aromatic rings. The van der Waals surface area contributed by atoms with Crippen molar-refractivity contribution < 1.29 is 57.6 Å². The topological polar surface area (TPSA) is 207 Å². The average molecular weight is 987 g/mol. The average Bonchev–Trinajstić information content (AvgIpc) is 4.11. The Morgan fingerprint density at radius 1 is 0.726 bits per heavy atom. The minimum absolute atomic E-state index is 0.0251. The zero-order valence-corrected chi connectivity index (χ0v) is 40.7. The van der Waals surface area contributed by atoms with E-state index in [1.807, 2.05) is 24.3 Å². The first-order valence-electron chi connectivity index (χ1n) is 24.7. The molecule has 3 saturated heterocycles. The van der Waals surface area contributed by atoms with Crippen molar-refractivity contribution in [3.05, 3.63) is 131 Å². The van der Waals surface area contributed by atoms with Gasteiger partial charge in [-0.1, -0.05) is 91.0 Å². The lowest BCUT2D eigenvalue weighted by atomic mass is 9.75. The van der Waals surface area contributed by atoms with Crippen LogP contribution in [0, 0.1) is 30.6 Å². The molecule has 16 nitrogen and oxygen atoms in total. The highest BCUT2D eigenvalue weighted by Crippen LogP contribution is 2.49. The molecule has 4 aliphatic heterocycles. The molecule has 6 aromatic carbocycles. The lowest BCUT2D eigenvalue weighted by Crippen LogP contribution is -2.51. The third-order valence-corrected chi connectivity index (χ3v) is 15.1. The van der Waals surface area contributed by atoms with Gasteiger partial charge in [0.15, 0.2) is 6.29 Å². The van der Waals surface area contributed by atoms with Crippen molar-refractivity contribution in [3.63, 3.8) is 0 Å². The Morgan fingerprint density at radius 3 is 1.99 bits per heavy atom. The van der Waals surface area contributed by atoms with E-state index < -0.39 is 89.4 Å². The number of hydrogen-bond donors (Lipinski definition) is 3. The molecule has 73 heavy (non-hydrogen) atoms. The number of likely N-dealkylation sites (tertiary alicyclic amines) is 2. The van der Waals surface area contributed by atoms with Crippen LogP contribution in [0.15, 0.2) is 103 Å². The van der Waals surface area contributed by atoms with E-state index in [2.05, 4.69) is 41.0 Å². The summed E-state index contributed by atoms with van der Waals surface area (Å²) in [7, 11) is 0. The molecule has 9 atom stereocenters. The van der Waals surface area contributed by atoms with E-state index in [-0.39, 0.29) is 67.7 Å². The Kier molecular flexibility index (Phi) is 12.0. The minimum Gasteiger partial charge on any atom is -0.491 e. The zero-order chi connectivity index (χ0) is 51.0. The van der Waals surface area contributed by atoms with Gasteiger partial charge in [0.1, 0.15) is 30.3 Å². The van der Waals surface area contributed by atoms with Crippen molar-refractivity contribution in [1.29, 1.82) is 0 Å². The van der Waals surface area contributed by atoms with Crippen LogP contribution in [0.1, 0.15) is 59.5 Å². The number of nitrogens with zero attached hydrogens (tertiary/aromatic N) is 2. The van der Waals surface area contributed by atoms with Crippen LogP contribution in [0.2, 0.25) is 0 Å². The second-order valence-corrected chi connectivity index (χ2v) is 20.7. The molecule has 6 amide bonds. The number of imide groups is 2. The first kappa shape index (κ1) is 47.6. The van der Waals surface area contributed by atoms with Crippen LogP contribution in [0.25, 0.3) is 32.3 Å². The molecule has 2 bridgehead atoms. The van der Waals surface area contributed by atoms with Crippen molar-refractivity contribution in [2.45, 2.75) is 76.5 Å². The predicted octanol–water partition coefficient (Wildman–Crippen LogP) is 5.91. The fourth-order valence-electron chi connectivity index (χ4n) is 11.7. The third kappa shape index (κ3) is 8.31. The molecule has 0 spiro atoms. The van der Waals surface area contributed by atoms with E-state index in [9.17, 15) is 38.7 Å². The minimum atomic E-state index is -1.54. The number of benzene rings is 6. The van der Waals surface area contributed by atoms with Gasteiger partial charge in [-0.15, -0.1) is 0 Å². The van der Waals surface area contributed by atoms with E-state index in [0.29, 0.717) is 17.4 Å². The van der Waals surface area contributed by atoms with E-state index in [1.54, 1.807) is 76.2 Å². The maximum absolute atomic E-state index is 14.6. The SMILES string of the molecule is Cc1cccc(OCC(CNC(=O)OC(C)(C)C)N2C(=O)C3Cc4cccc(OCC(CNC(=O)Cc5ccc6ccc7cccc8ccc5c6c78)N5C(=O)[C@@H]6[C@H](C5=O)[C@H]5C=C[C@@H]6O5)c4C(O)C3C2=O)c1C=O. The molecule has 374 valence electrons. The molecular weight excluding hydrogens is 933 g/mol. The normalized spacial score (nSPS) is 23.8. The van der Waals surface area contributed by atoms with E-state index in [4.69, 9.17) is 18.9 Å². The van der Waals surface area contributed by atoms with Gasteiger partial charge in [-0.05, 0) is 95.3 Å². The number of nitrogens with one attached hydrogen (secondary N) is 2. The molecule has 0 radical (unpaired) electrons. The number of aliphatic hydroxyl groups excluding tert-OH is 1. The maximum Gasteiger partial charge on any atom is 0.407 e. The number of aldehydes is 1. The van der Waals surface area contributed by atoms with Crippen LogP contribution in [-0.4, -0.2) is 113 Å². The fraction of sp³-hybridized carbons (Fsp3) is 0.351. The van der Waals surface area contributed by atoms with Crippen LogP contribution in [0.3, 0.4) is 0 Å². The summed E-state index contributed by atoms with van der Waals surface area (Å²) in [6.45, 7) is 5.84. The van der Waals surface area contributed by atoms with Crippen LogP contribution in [0.4, 0.5) is 4.79 Å². The summed E-state index contributed by atoms with van der Waals surface area (Å²) in [5.41, 5.74) is 1.73. The highest BCUT2D eigenvalue weighted by molar-refractivity contribution is 6.23. The zero-order valence-electron chi connectivity index (χ0n) is 40.7. The third-order valence-electron chi connectivity index (χ3n) is 15.1. The van der Waals surface area contributed by atoms with E-state index >= 15 is 0 Å². The van der Waals surface area contributed by atoms with Crippen molar-refractivity contribution in [3.8, 4) is 11.5 Å². The van der Waals surface area contributed by atoms with Crippen molar-refractivity contribution in [1.82, 2.24) is 20.4 Å². The maximum atomic E-state index is 14.6. The Labute approximate surface area is 419 Å². The summed E-state index contributed by atoms with van der Waals surface area (Å²) >= 11 is 0. The molecule has 1 aliphatic carbocycles. The molecule has 4 heterocycles. The molecule has 5 aliphatic rings. The van der Waals surface area contributed by atoms with Crippen LogP contribution in [0.5, 0.6) is 11.5 Å². The number of aliphatic hydroxyl groups is 1. The molecule has 11 rings (SSSR count). The second kappa shape index (κ2) is 18.4. The quantitative estimate of drug-likeness (QED) is 0.0475. The van der Waals surface area contributed by atoms with Gasteiger partial charge < -0.3 is 34.7 Å². The lowest BCUT2D eigenvalue weighted by Gasteiger charge is -2.32. The second-order valence-electron chi connectivity index (χ2n) is 20.7. The smallest absolute Gasteiger partial charge is 0.407 e. The van der Waals surface area contributed by atoms with E-state index in [1.165, 1.54) is 4.90 Å². The number of carbonyl (C=O) groups is 7. The summed E-state index contributed by atoms with van der Waals surface area (Å²) in [5.74, 6) is -5.74. The van der Waals surface area contributed by atoms with Gasteiger partial charge in [0.05, 0.1) is 66.1 Å². The monoisotopic (exact) mass is 986 g/mol. The number of carbonyl (C=O) groups excluding carboxylic acids is 7. The molecular formula is C57H54N4O12. The summed E-state index contributed by atoms with van der Waals surface area (Å²) in [4.78, 5) is 98.6. The van der Waals surface area contributed by atoms with Crippen LogP contribution >= 0.6 is 0 Å². The van der Waals surface area contributed by atoms with Crippen molar-refractivity contribution in [2.24, 2.45) is 23.7 Å². The highest BCUT2D eigenvalue weighted by Gasteiger charge is 2.62. The van der Waals surface area contributed by atoms with Crippen molar-refractivity contribution in [2.75, 3.05) is 26.3 Å². The van der Waals surface area contributed by atoms with Crippen LogP contribution in [-0.2, 0) is 46.3 Å². The van der Waals surface area contributed by atoms with Crippen molar-refractivity contribution >= 4 is 74.2 Å². The summed E-state index contributed by atoms with van der Waals surface area (Å²) < 4.78 is 23.9. The molecule has 3 N–H and O–H groups in total. The number of amides is 6. The van der Waals surface area contributed by atoms with E-state index in [0.717, 1.165) is 42.8 Å². The molecule has 5 unspecified atom stereocenters. The van der Waals surface area contributed by atoms with Gasteiger partial charge in [0.2, 0.25) is 29.5 Å². The summed E-state index contributed by atoms with van der Waals surface area (Å²) in [6, 6.07) is 26.4. The number of fused-ring (bicyclic) bond motifs is 7. The Balaban J connectivity index is 0.840. The number of rotatable bonds is 15. The standard InChI is InChI=1S/C57H54N4O12/c1-29-8-5-12-40(39(29)26-62)70-27-36(25-59-56(69)73-57(2,3)4)60-52(65)38-22-34-11-7-13-41(47(34)51(64)48(38)53(60)66)71-28-35(61-54(67)49-42-20-21-43(72-42)50(49)55(61)68)24-58-44(63)23-33-17-16-32-15-14-30-9-6-10-31-18-19-37(33)46(32)45(30)31/h5-21,26,35-36,38,42-43,48-51,64H,22-25,27-28H2,1-4H3,(H,58,63)(H,59,69)/t35?,36?,38?,42-,43+,48?,49-,50+,51?. The lowest BCUT2D eigenvalue weighted by molar-refractivity contribution is -0.147. The molecule has 3 fully saturated rings. The number of ether oxygens (including phenoxy) is 4. The molecule has 0 saturated carbocycles. The molecule has 0 aromatic heterocycles. The van der Waals surface area contributed by atoms with Gasteiger partial charge >= 0.3 is 6.09 Å². The van der Waals surface area contributed by atoms with Gasteiger partial charge in [0.25, 0.3) is 0 Å². The Bertz CT molecular complexity index is 3260. The first-order valence-corrected chi connectivity index (χ1v) is 24.7. The molecule has 16 heteroatoms. The Morgan fingerprint density at radius 2 is 1.30 bits per heavy atom. The summed E-state index contributed by atoms with van der Waals surface area (Å²) in [6.07, 6.45) is 0.910. The number of hydrogen-bond acceptors (Lipinski definition) is 12. The highest BCUT2D eigenvalue weighted by atomic mass is 16.6.